The van der Waals surface area contributed by atoms with Gasteiger partial charge in [-0.3, -0.25) is 57.5 Å². The van der Waals surface area contributed by atoms with Crippen molar-refractivity contribution in [2.45, 2.75) is 188 Å². The fourth-order valence-corrected chi connectivity index (χ4v) is 15.4. The normalized spacial score (nSPS) is 23.8. The largest absolute Gasteiger partial charge is 0.361 e. The molecule has 36 heteroatoms. The molecule has 12 atom stereocenters. The van der Waals surface area contributed by atoms with Crippen molar-refractivity contribution in [3.8, 4) is 0 Å². The molecule has 9 rings (SSSR count). The molecule has 2 fully saturated rings. The summed E-state index contributed by atoms with van der Waals surface area (Å²) in [6, 6.07) is 6.68. The Labute approximate surface area is 649 Å². The lowest BCUT2D eigenvalue weighted by Gasteiger charge is -2.29. The first-order valence-corrected chi connectivity index (χ1v) is 39.9. The van der Waals surface area contributed by atoms with Gasteiger partial charge in [0.1, 0.15) is 66.5 Å². The van der Waals surface area contributed by atoms with Crippen molar-refractivity contribution in [2.75, 3.05) is 31.9 Å². The van der Waals surface area contributed by atoms with Crippen LogP contribution in [0.4, 0.5) is 0 Å². The molecule has 2 aliphatic rings. The number of imidazole rings is 2. The van der Waals surface area contributed by atoms with Gasteiger partial charge in [0.2, 0.25) is 65.0 Å². The highest BCUT2D eigenvalue weighted by Crippen LogP contribution is 2.29. The zero-order valence-corrected chi connectivity index (χ0v) is 63.5. The molecule has 2 bridgehead atoms. The van der Waals surface area contributed by atoms with Crippen LogP contribution in [0.15, 0.2) is 116 Å². The van der Waals surface area contributed by atoms with Crippen LogP contribution in [0.1, 0.15) is 112 Å². The van der Waals surface area contributed by atoms with Gasteiger partial charge in [-0.15, -0.1) is 0 Å². The van der Waals surface area contributed by atoms with Crippen LogP contribution in [-0.2, 0) is 89.6 Å². The summed E-state index contributed by atoms with van der Waals surface area (Å²) in [5, 5.41) is 33.1. The highest BCUT2D eigenvalue weighted by atomic mass is 33.1. The summed E-state index contributed by atoms with van der Waals surface area (Å²) in [6.07, 6.45) is 10.7. The third-order valence-corrected chi connectivity index (χ3v) is 21.7. The summed E-state index contributed by atoms with van der Waals surface area (Å²) in [4.78, 5) is 203. The topological polar surface area (TPSA) is 542 Å². The SMILES string of the molecule is C[C@@H]1NC(=O)[C@@H]2CSS[C@H](NC(=O)[C@H](Cc3c[nH]c4ccccc34)NC(=O)[C@H](CCCCN)NC(=O)[C@H](CCCCN)NC(=O)[C@H](CCCCN)NC1=O)C(=O)N[C@H](CCCCN)C(=O)N[C@@H](Cc1c[nH]cn1)C(=O)N[C@H](Cc1ccccc1)C(=O)N[C@@H](Cc1c[nH]cn1)C(=O)N[C@@H](Cc1c[nH]c3ccccc13)C(=O)N2. The van der Waals surface area contributed by atoms with E-state index in [0.29, 0.717) is 106 Å². The smallest absolute Gasteiger partial charge is 0.254 e. The Morgan fingerprint density at radius 2 is 0.703 bits per heavy atom. The third kappa shape index (κ3) is 25.2. The predicted octanol–water partition coefficient (Wildman–Crippen LogP) is -0.672. The number of para-hydroxylation sites is 2. The average Bonchev–Trinajstić information content (AvgIpc) is 1.66. The fourth-order valence-electron chi connectivity index (χ4n) is 13.0. The number of H-pyrrole nitrogens is 4. The second kappa shape index (κ2) is 43.1. The highest BCUT2D eigenvalue weighted by molar-refractivity contribution is 8.77. The van der Waals surface area contributed by atoms with E-state index in [1.807, 2.05) is 6.07 Å². The Morgan fingerprint density at radius 3 is 1.12 bits per heavy atom. The summed E-state index contributed by atoms with van der Waals surface area (Å²) in [5.41, 5.74) is 27.4. The van der Waals surface area contributed by atoms with E-state index in [9.17, 15) is 14.4 Å². The molecule has 0 spiro atoms. The first-order valence-electron chi connectivity index (χ1n) is 37.5. The Morgan fingerprint density at radius 1 is 0.351 bits per heavy atom. The van der Waals surface area contributed by atoms with Crippen molar-refractivity contribution < 1.29 is 57.5 Å². The molecule has 34 nitrogen and oxygen atoms in total. The molecule has 0 aliphatic carbocycles. The number of hydrogen-bond donors (Lipinski definition) is 20. The maximum absolute atomic E-state index is 15.7. The van der Waals surface area contributed by atoms with Gasteiger partial charge in [-0.1, -0.05) is 88.3 Å². The number of nitrogens with zero attached hydrogens (tertiary/aromatic N) is 2. The molecule has 0 saturated carbocycles. The number of nitrogens with one attached hydrogen (secondary N) is 16. The van der Waals surface area contributed by atoms with Crippen LogP contribution in [0, 0.1) is 0 Å². The lowest BCUT2D eigenvalue weighted by molar-refractivity contribution is -0.136. The number of hydrogen-bond acceptors (Lipinski definition) is 20. The third-order valence-electron chi connectivity index (χ3n) is 19.2. The predicted molar refractivity (Wildman–Crippen MR) is 419 cm³/mol. The zero-order valence-electron chi connectivity index (χ0n) is 61.9. The van der Waals surface area contributed by atoms with Gasteiger partial charge in [0, 0.05) is 84.5 Å². The summed E-state index contributed by atoms with van der Waals surface area (Å²) >= 11 is 0. The van der Waals surface area contributed by atoms with E-state index in [2.05, 4.69) is 93.7 Å². The fraction of sp³-hybridized carbons (Fsp3) is 0.467. The minimum Gasteiger partial charge on any atom is -0.361 e. The Bertz CT molecular complexity index is 4260. The minimum atomic E-state index is -1.77. The number of rotatable bonds is 26. The van der Waals surface area contributed by atoms with Gasteiger partial charge in [-0.2, -0.15) is 0 Å². The number of carbonyl (C=O) groups excluding carboxylic acids is 12. The number of benzene rings is 3. The molecule has 24 N–H and O–H groups in total. The molecule has 0 radical (unpaired) electrons. The summed E-state index contributed by atoms with van der Waals surface area (Å²) in [7, 11) is 1.47. The van der Waals surface area contributed by atoms with E-state index < -0.39 is 148 Å². The van der Waals surface area contributed by atoms with Crippen molar-refractivity contribution >= 4 is 114 Å². The standard InChI is InChI=1S/C75H102N22O12S2/c1-43-63(98)87-53(23-9-13-27-76)64(99)88-54(24-10-14-28-77)65(100)89-55(25-11-15-29-78)66(101)92-59(33-46-37-83-52-22-8-6-20-50(46)52)72(107)97-75-74(109)90-56(26-12-16-30-79)67(102)94-60(34-47-38-80-41-84-47)70(105)91-57(31-44-17-3-2-4-18-44)68(103)95-61(35-48-39-81-42-85-48)71(106)93-58(32-45-36-82-51-21-7-5-19-49(45)51)69(104)96-62(40-110-111-75)73(108)86-43/h2-8,17-22,36-39,41-43,53-62,75,82-83H,9-16,23-35,40,76-79H2,1H3,(H,80,84)(H,81,85)(H,86,108)(H,87,98)(H,88,99)(H,89,100)(H,90,109)(H,91,105)(H,92,101)(H,93,106)(H,94,102)(H,95,103)(H,96,104)(H,97,107)/t43-,53-,54-,55-,56+,57+,58-,59-,60-,61-,62-,75-/m0/s1. The van der Waals surface area contributed by atoms with Gasteiger partial charge in [-0.25, -0.2) is 9.97 Å². The van der Waals surface area contributed by atoms with E-state index >= 15 is 43.2 Å². The van der Waals surface area contributed by atoms with Crippen LogP contribution in [-0.4, -0.2) is 205 Å². The van der Waals surface area contributed by atoms with Crippen LogP contribution >= 0.6 is 21.6 Å². The number of nitrogens with two attached hydrogens (primary N) is 4. The molecule has 2 aliphatic heterocycles. The van der Waals surface area contributed by atoms with E-state index in [4.69, 9.17) is 22.9 Å². The maximum Gasteiger partial charge on any atom is 0.254 e. The van der Waals surface area contributed by atoms with Crippen molar-refractivity contribution in [1.82, 2.24) is 93.7 Å². The van der Waals surface area contributed by atoms with Crippen LogP contribution in [0.2, 0.25) is 0 Å². The summed E-state index contributed by atoms with van der Waals surface area (Å²) < 4.78 is 0. The quantitative estimate of drug-likeness (QED) is 0.0236. The summed E-state index contributed by atoms with van der Waals surface area (Å²) in [6.45, 7) is 2.21. The molecule has 111 heavy (non-hydrogen) atoms. The van der Waals surface area contributed by atoms with Crippen molar-refractivity contribution in [1.29, 1.82) is 0 Å². The van der Waals surface area contributed by atoms with Crippen LogP contribution in [0.5, 0.6) is 0 Å². The highest BCUT2D eigenvalue weighted by Gasteiger charge is 2.39. The number of aromatic amines is 4. The van der Waals surface area contributed by atoms with Crippen molar-refractivity contribution in [2.24, 2.45) is 22.9 Å². The van der Waals surface area contributed by atoms with Gasteiger partial charge in [-0.05, 0) is 139 Å². The molecule has 7 aromatic rings. The van der Waals surface area contributed by atoms with Crippen LogP contribution in [0.25, 0.3) is 21.8 Å². The van der Waals surface area contributed by atoms with Gasteiger partial charge >= 0.3 is 0 Å². The van der Waals surface area contributed by atoms with E-state index in [1.165, 1.54) is 32.0 Å². The van der Waals surface area contributed by atoms with E-state index in [-0.39, 0.29) is 90.4 Å². The summed E-state index contributed by atoms with van der Waals surface area (Å²) in [5.74, 6) is -11.2. The number of amides is 12. The molecule has 596 valence electrons. The molecule has 3 aromatic carbocycles. The van der Waals surface area contributed by atoms with Crippen molar-refractivity contribution in [3.05, 3.63) is 144 Å². The van der Waals surface area contributed by atoms with Gasteiger partial charge in [0.25, 0.3) is 5.91 Å². The lowest BCUT2D eigenvalue weighted by atomic mass is 10.0. The van der Waals surface area contributed by atoms with E-state index in [0.717, 1.165) is 10.8 Å². The first kappa shape index (κ1) is 84.4. The molecular formula is C75H102N22O12S2. The molecule has 0 unspecified atom stereocenters. The molecular weight excluding hydrogens is 1470 g/mol. The number of unbranched alkanes of at least 4 members (excludes halogenated alkanes) is 4. The Hall–Kier alpha value is -10.7. The monoisotopic (exact) mass is 1570 g/mol. The number of aromatic nitrogens is 6. The average molecular weight is 1570 g/mol. The van der Waals surface area contributed by atoms with Gasteiger partial charge in [0.15, 0.2) is 5.37 Å². The maximum atomic E-state index is 15.7. The van der Waals surface area contributed by atoms with Crippen molar-refractivity contribution in [3.63, 3.8) is 0 Å². The molecule has 6 heterocycles. The zero-order chi connectivity index (χ0) is 79.2. The second-order valence-corrected chi connectivity index (χ2v) is 30.1. The first-order chi connectivity index (χ1) is 53.7. The molecule has 12 amide bonds. The van der Waals surface area contributed by atoms with Gasteiger partial charge < -0.3 is 107 Å². The molecule has 4 aromatic heterocycles. The second-order valence-electron chi connectivity index (χ2n) is 27.6. The van der Waals surface area contributed by atoms with Gasteiger partial charge in [0.05, 0.1) is 24.0 Å². The lowest BCUT2D eigenvalue weighted by Crippen LogP contribution is -2.62. The Balaban J connectivity index is 1.19. The van der Waals surface area contributed by atoms with Crippen LogP contribution < -0.4 is 86.7 Å². The Kier molecular flexibility index (Phi) is 32.7. The molecule has 2 saturated heterocycles. The number of fused-ring (bicyclic) bond motifs is 6. The minimum absolute atomic E-state index is 0.000245. The number of carbonyl (C=O) groups is 12. The van der Waals surface area contributed by atoms with E-state index in [1.54, 1.807) is 85.2 Å². The van der Waals surface area contributed by atoms with Crippen LogP contribution in [0.3, 0.4) is 0 Å².